The molecule has 2 N–H and O–H groups in total. The predicted octanol–water partition coefficient (Wildman–Crippen LogP) is 2.18. The van der Waals surface area contributed by atoms with Crippen molar-refractivity contribution >= 4 is 0 Å². The lowest BCUT2D eigenvalue weighted by molar-refractivity contribution is -0.0180. The first-order chi connectivity index (χ1) is 6.04. The highest BCUT2D eigenvalue weighted by Crippen LogP contribution is 2.55. The third-order valence-corrected chi connectivity index (χ3v) is 3.20. The molecule has 0 radical (unpaired) electrons. The molecule has 0 aromatic heterocycles. The molecule has 0 spiro atoms. The van der Waals surface area contributed by atoms with Crippen molar-refractivity contribution in [2.75, 3.05) is 20.3 Å². The summed E-state index contributed by atoms with van der Waals surface area (Å²) in [7, 11) is 1.76. The number of hydrogen-bond acceptors (Lipinski definition) is 2. The van der Waals surface area contributed by atoms with E-state index in [-0.39, 0.29) is 0 Å². The fourth-order valence-electron chi connectivity index (χ4n) is 2.99. The second-order valence-electron chi connectivity index (χ2n) is 5.32. The van der Waals surface area contributed by atoms with E-state index in [0.717, 1.165) is 19.6 Å². The minimum absolute atomic E-state index is 0.446. The van der Waals surface area contributed by atoms with Crippen LogP contribution < -0.4 is 5.73 Å². The van der Waals surface area contributed by atoms with E-state index >= 15 is 0 Å². The van der Waals surface area contributed by atoms with Gasteiger partial charge < -0.3 is 10.5 Å². The van der Waals surface area contributed by atoms with Crippen LogP contribution >= 0.6 is 0 Å². The van der Waals surface area contributed by atoms with Crippen LogP contribution in [0.15, 0.2) is 0 Å². The maximum atomic E-state index is 5.83. The molecule has 1 aliphatic rings. The average molecular weight is 185 g/mol. The molecule has 1 saturated carbocycles. The van der Waals surface area contributed by atoms with Gasteiger partial charge in [0.2, 0.25) is 0 Å². The zero-order chi connectivity index (χ0) is 9.95. The third kappa shape index (κ3) is 2.68. The van der Waals surface area contributed by atoms with Gasteiger partial charge in [0.1, 0.15) is 0 Å². The highest BCUT2D eigenvalue weighted by atomic mass is 16.5. The highest BCUT2D eigenvalue weighted by Gasteiger charge is 2.47. The van der Waals surface area contributed by atoms with Crippen LogP contribution in [-0.2, 0) is 4.74 Å². The maximum Gasteiger partial charge on any atom is 0.0462 e. The summed E-state index contributed by atoms with van der Waals surface area (Å²) in [5, 5.41) is 0. The Morgan fingerprint density at radius 3 is 2.31 bits per heavy atom. The molecule has 1 aliphatic carbocycles. The number of nitrogens with two attached hydrogens (primary N) is 1. The summed E-state index contributed by atoms with van der Waals surface area (Å²) in [6, 6.07) is 0. The second-order valence-corrected chi connectivity index (χ2v) is 5.32. The lowest BCUT2D eigenvalue weighted by Crippen LogP contribution is -2.47. The SMILES string of the molecule is COCCCC1(CN)CC(C)(C)C1. The Kier molecular flexibility index (Phi) is 3.36. The van der Waals surface area contributed by atoms with Crippen LogP contribution in [0, 0.1) is 10.8 Å². The van der Waals surface area contributed by atoms with Crippen LogP contribution in [0.3, 0.4) is 0 Å². The van der Waals surface area contributed by atoms with Gasteiger partial charge in [-0.1, -0.05) is 13.8 Å². The number of hydrogen-bond donors (Lipinski definition) is 1. The minimum Gasteiger partial charge on any atom is -0.385 e. The van der Waals surface area contributed by atoms with Gasteiger partial charge in [0.25, 0.3) is 0 Å². The van der Waals surface area contributed by atoms with Gasteiger partial charge in [-0.2, -0.15) is 0 Å². The van der Waals surface area contributed by atoms with E-state index in [0.29, 0.717) is 10.8 Å². The van der Waals surface area contributed by atoms with Gasteiger partial charge in [0.05, 0.1) is 0 Å². The van der Waals surface area contributed by atoms with Gasteiger partial charge in [-0.15, -0.1) is 0 Å². The highest BCUT2D eigenvalue weighted by molar-refractivity contribution is 4.99. The van der Waals surface area contributed by atoms with Gasteiger partial charge in [-0.05, 0) is 43.1 Å². The molecule has 2 nitrogen and oxygen atoms in total. The molecule has 0 aromatic carbocycles. The van der Waals surface area contributed by atoms with Crippen molar-refractivity contribution < 1.29 is 4.74 Å². The topological polar surface area (TPSA) is 35.2 Å². The number of ether oxygens (including phenoxy) is 1. The van der Waals surface area contributed by atoms with E-state index < -0.39 is 0 Å². The Hall–Kier alpha value is -0.0800. The molecule has 2 heteroatoms. The molecule has 0 unspecified atom stereocenters. The third-order valence-electron chi connectivity index (χ3n) is 3.20. The predicted molar refractivity (Wildman–Crippen MR) is 55.6 cm³/mol. The van der Waals surface area contributed by atoms with Crippen molar-refractivity contribution in [1.29, 1.82) is 0 Å². The number of methoxy groups -OCH3 is 1. The molecule has 0 bridgehead atoms. The lowest BCUT2D eigenvalue weighted by atomic mass is 9.53. The van der Waals surface area contributed by atoms with E-state index in [2.05, 4.69) is 13.8 Å². The molecule has 0 aliphatic heterocycles. The summed E-state index contributed by atoms with van der Waals surface area (Å²) in [6.07, 6.45) is 4.98. The first kappa shape index (κ1) is 11.0. The van der Waals surface area contributed by atoms with Crippen LogP contribution in [-0.4, -0.2) is 20.3 Å². The zero-order valence-electron chi connectivity index (χ0n) is 9.23. The Labute approximate surface area is 81.8 Å². The van der Waals surface area contributed by atoms with Crippen molar-refractivity contribution in [3.05, 3.63) is 0 Å². The number of rotatable bonds is 5. The molecule has 78 valence electrons. The van der Waals surface area contributed by atoms with E-state index in [1.165, 1.54) is 19.3 Å². The van der Waals surface area contributed by atoms with Crippen LogP contribution in [0.4, 0.5) is 0 Å². The van der Waals surface area contributed by atoms with Crippen molar-refractivity contribution in [2.45, 2.75) is 39.5 Å². The van der Waals surface area contributed by atoms with Crippen LogP contribution in [0.5, 0.6) is 0 Å². The van der Waals surface area contributed by atoms with E-state index in [9.17, 15) is 0 Å². The van der Waals surface area contributed by atoms with Crippen LogP contribution in [0.2, 0.25) is 0 Å². The fourth-order valence-corrected chi connectivity index (χ4v) is 2.99. The molecule has 0 heterocycles. The van der Waals surface area contributed by atoms with Gasteiger partial charge in [0.15, 0.2) is 0 Å². The summed E-state index contributed by atoms with van der Waals surface area (Å²) < 4.78 is 5.06. The maximum absolute atomic E-state index is 5.83. The fraction of sp³-hybridized carbons (Fsp3) is 1.00. The Balaban J connectivity index is 2.28. The van der Waals surface area contributed by atoms with Crippen molar-refractivity contribution in [1.82, 2.24) is 0 Å². The largest absolute Gasteiger partial charge is 0.385 e. The van der Waals surface area contributed by atoms with E-state index in [4.69, 9.17) is 10.5 Å². The standard InChI is InChI=1S/C11H23NO/c1-10(2)7-11(8-10,9-12)5-4-6-13-3/h4-9,12H2,1-3H3. The Morgan fingerprint density at radius 2 is 1.92 bits per heavy atom. The van der Waals surface area contributed by atoms with E-state index in [1.54, 1.807) is 7.11 Å². The summed E-state index contributed by atoms with van der Waals surface area (Å²) in [4.78, 5) is 0. The monoisotopic (exact) mass is 185 g/mol. The Bertz CT molecular complexity index is 157. The van der Waals surface area contributed by atoms with Crippen molar-refractivity contribution in [3.63, 3.8) is 0 Å². The first-order valence-electron chi connectivity index (χ1n) is 5.23. The minimum atomic E-state index is 0.446. The summed E-state index contributed by atoms with van der Waals surface area (Å²) in [5.41, 5.74) is 6.81. The first-order valence-corrected chi connectivity index (χ1v) is 5.23. The van der Waals surface area contributed by atoms with E-state index in [1.807, 2.05) is 0 Å². The lowest BCUT2D eigenvalue weighted by Gasteiger charge is -2.53. The average Bonchev–Trinajstić information content (AvgIpc) is 2.01. The summed E-state index contributed by atoms with van der Waals surface area (Å²) in [6.45, 7) is 6.39. The molecule has 0 saturated heterocycles. The molecular formula is C11H23NO. The van der Waals surface area contributed by atoms with Gasteiger partial charge in [0, 0.05) is 13.7 Å². The van der Waals surface area contributed by atoms with Crippen LogP contribution in [0.25, 0.3) is 0 Å². The molecule has 13 heavy (non-hydrogen) atoms. The molecular weight excluding hydrogens is 162 g/mol. The van der Waals surface area contributed by atoms with Crippen molar-refractivity contribution in [3.8, 4) is 0 Å². The Morgan fingerprint density at radius 1 is 1.31 bits per heavy atom. The van der Waals surface area contributed by atoms with Crippen molar-refractivity contribution in [2.24, 2.45) is 16.6 Å². The summed E-state index contributed by atoms with van der Waals surface area (Å²) >= 11 is 0. The second kappa shape index (κ2) is 3.97. The smallest absolute Gasteiger partial charge is 0.0462 e. The quantitative estimate of drug-likeness (QED) is 0.666. The zero-order valence-corrected chi connectivity index (χ0v) is 9.23. The van der Waals surface area contributed by atoms with Gasteiger partial charge >= 0.3 is 0 Å². The van der Waals surface area contributed by atoms with Gasteiger partial charge in [-0.25, -0.2) is 0 Å². The summed E-state index contributed by atoms with van der Waals surface area (Å²) in [5.74, 6) is 0. The molecule has 1 rings (SSSR count). The molecule has 0 atom stereocenters. The van der Waals surface area contributed by atoms with Crippen LogP contribution in [0.1, 0.15) is 39.5 Å². The molecule has 0 amide bonds. The molecule has 1 fully saturated rings. The normalized spacial score (nSPS) is 24.0. The van der Waals surface area contributed by atoms with Gasteiger partial charge in [-0.3, -0.25) is 0 Å². The molecule has 0 aromatic rings.